The minimum absolute atomic E-state index is 0.350. The van der Waals surface area contributed by atoms with E-state index in [-0.39, 0.29) is 6.09 Å². The van der Waals surface area contributed by atoms with E-state index in [2.05, 4.69) is 5.32 Å². The zero-order valence-corrected chi connectivity index (χ0v) is 9.32. The van der Waals surface area contributed by atoms with Gasteiger partial charge in [-0.1, -0.05) is 24.3 Å². The van der Waals surface area contributed by atoms with E-state index < -0.39 is 5.60 Å². The van der Waals surface area contributed by atoms with E-state index in [0.29, 0.717) is 13.1 Å². The fraction of sp³-hybridized carbons (Fsp3) is 0.417. The van der Waals surface area contributed by atoms with E-state index in [0.717, 1.165) is 17.5 Å². The number of nitrogens with one attached hydrogen (secondary N) is 1. The van der Waals surface area contributed by atoms with Crippen LogP contribution in [0.15, 0.2) is 24.3 Å². The summed E-state index contributed by atoms with van der Waals surface area (Å²) in [5.41, 5.74) is 7.11. The van der Waals surface area contributed by atoms with Crippen LogP contribution in [0.4, 0.5) is 4.79 Å². The van der Waals surface area contributed by atoms with Crippen molar-refractivity contribution in [1.82, 2.24) is 5.32 Å². The topological polar surface area (TPSA) is 64.3 Å². The van der Waals surface area contributed by atoms with Crippen molar-refractivity contribution in [2.45, 2.75) is 25.5 Å². The van der Waals surface area contributed by atoms with Crippen molar-refractivity contribution in [2.75, 3.05) is 6.54 Å². The van der Waals surface area contributed by atoms with E-state index >= 15 is 0 Å². The average Bonchev–Trinajstić information content (AvgIpc) is 2.29. The molecule has 16 heavy (non-hydrogen) atoms. The molecule has 1 aromatic rings. The van der Waals surface area contributed by atoms with Gasteiger partial charge in [0.1, 0.15) is 5.60 Å². The first kappa shape index (κ1) is 11.0. The fourth-order valence-corrected chi connectivity index (χ4v) is 1.89. The summed E-state index contributed by atoms with van der Waals surface area (Å²) in [5, 5.41) is 2.65. The summed E-state index contributed by atoms with van der Waals surface area (Å²) in [6, 6.07) is 7.88. The number of hydrogen-bond acceptors (Lipinski definition) is 3. The lowest BCUT2D eigenvalue weighted by atomic mass is 9.91. The Morgan fingerprint density at radius 3 is 2.69 bits per heavy atom. The van der Waals surface area contributed by atoms with Crippen molar-refractivity contribution in [1.29, 1.82) is 0 Å². The average molecular weight is 220 g/mol. The van der Waals surface area contributed by atoms with Crippen molar-refractivity contribution in [2.24, 2.45) is 5.73 Å². The Bertz CT molecular complexity index is 389. The summed E-state index contributed by atoms with van der Waals surface area (Å²) >= 11 is 0. The standard InChI is InChI=1S/C12H16N2O2/c1-12(6-7-14-11(15)16-12)10-4-2-9(8-13)3-5-10/h2-5H,6-8,13H2,1H3,(H,14,15). The van der Waals surface area contributed by atoms with Crippen LogP contribution < -0.4 is 11.1 Å². The summed E-state index contributed by atoms with van der Waals surface area (Å²) in [5.74, 6) is 0. The highest BCUT2D eigenvalue weighted by atomic mass is 16.6. The van der Waals surface area contributed by atoms with E-state index in [9.17, 15) is 4.79 Å². The molecule has 0 radical (unpaired) electrons. The lowest BCUT2D eigenvalue weighted by Gasteiger charge is -2.34. The molecule has 1 aliphatic heterocycles. The smallest absolute Gasteiger partial charge is 0.408 e. The SMILES string of the molecule is CC1(c2ccc(CN)cc2)CCNC(=O)O1. The monoisotopic (exact) mass is 220 g/mol. The Balaban J connectivity index is 2.24. The molecule has 0 bridgehead atoms. The van der Waals surface area contributed by atoms with Crippen molar-refractivity contribution in [3.8, 4) is 0 Å². The fourth-order valence-electron chi connectivity index (χ4n) is 1.89. The zero-order chi connectivity index (χ0) is 11.6. The molecule has 1 unspecified atom stereocenters. The summed E-state index contributed by atoms with van der Waals surface area (Å²) in [6.07, 6.45) is 0.428. The first-order valence-corrected chi connectivity index (χ1v) is 5.40. The van der Waals surface area contributed by atoms with Gasteiger partial charge in [0.2, 0.25) is 0 Å². The molecule has 1 fully saturated rings. The number of ether oxygens (including phenoxy) is 1. The number of benzene rings is 1. The van der Waals surface area contributed by atoms with Gasteiger partial charge in [-0.05, 0) is 18.1 Å². The summed E-state index contributed by atoms with van der Waals surface area (Å²) in [6.45, 7) is 3.11. The largest absolute Gasteiger partial charge is 0.438 e. The predicted molar refractivity (Wildman–Crippen MR) is 60.8 cm³/mol. The molecule has 1 amide bonds. The maximum atomic E-state index is 11.2. The Morgan fingerprint density at radius 1 is 1.44 bits per heavy atom. The summed E-state index contributed by atoms with van der Waals surface area (Å²) in [4.78, 5) is 11.2. The second kappa shape index (κ2) is 4.14. The summed E-state index contributed by atoms with van der Waals surface area (Å²) in [7, 11) is 0. The number of carbonyl (C=O) groups is 1. The highest BCUT2D eigenvalue weighted by Gasteiger charge is 2.34. The van der Waals surface area contributed by atoms with Crippen LogP contribution in [0, 0.1) is 0 Å². The highest BCUT2D eigenvalue weighted by molar-refractivity contribution is 5.68. The third kappa shape index (κ3) is 2.02. The number of hydrogen-bond donors (Lipinski definition) is 2. The second-order valence-corrected chi connectivity index (χ2v) is 4.20. The normalized spacial score (nSPS) is 24.8. The van der Waals surface area contributed by atoms with E-state index in [1.807, 2.05) is 31.2 Å². The maximum Gasteiger partial charge on any atom is 0.408 e. The van der Waals surface area contributed by atoms with Gasteiger partial charge in [-0.3, -0.25) is 0 Å². The molecule has 4 nitrogen and oxygen atoms in total. The predicted octanol–water partition coefficient (Wildman–Crippen LogP) is 1.49. The molecular formula is C12H16N2O2. The molecule has 1 aliphatic rings. The Hall–Kier alpha value is -1.55. The molecule has 1 atom stereocenters. The maximum absolute atomic E-state index is 11.2. The van der Waals surface area contributed by atoms with E-state index in [1.165, 1.54) is 0 Å². The third-order valence-corrected chi connectivity index (χ3v) is 2.99. The van der Waals surface area contributed by atoms with Crippen LogP contribution in [0.2, 0.25) is 0 Å². The molecule has 0 aromatic heterocycles. The molecule has 3 N–H and O–H groups in total. The summed E-state index contributed by atoms with van der Waals surface area (Å²) < 4.78 is 5.35. The van der Waals surface area contributed by atoms with Gasteiger partial charge in [0, 0.05) is 19.5 Å². The number of rotatable bonds is 2. The minimum Gasteiger partial charge on any atom is -0.438 e. The van der Waals surface area contributed by atoms with Crippen LogP contribution in [0.25, 0.3) is 0 Å². The number of cyclic esters (lactones) is 1. The van der Waals surface area contributed by atoms with Gasteiger partial charge in [0.15, 0.2) is 0 Å². The van der Waals surface area contributed by atoms with Crippen molar-refractivity contribution < 1.29 is 9.53 Å². The Labute approximate surface area is 94.8 Å². The molecule has 86 valence electrons. The van der Waals surface area contributed by atoms with E-state index in [4.69, 9.17) is 10.5 Å². The molecule has 2 rings (SSSR count). The molecule has 1 heterocycles. The van der Waals surface area contributed by atoms with Gasteiger partial charge in [0.25, 0.3) is 0 Å². The Kier molecular flexibility index (Phi) is 2.83. The van der Waals surface area contributed by atoms with Crippen molar-refractivity contribution in [3.05, 3.63) is 35.4 Å². The van der Waals surface area contributed by atoms with Crippen LogP contribution in [-0.2, 0) is 16.9 Å². The molecule has 0 aliphatic carbocycles. The van der Waals surface area contributed by atoms with Gasteiger partial charge >= 0.3 is 6.09 Å². The highest BCUT2D eigenvalue weighted by Crippen LogP contribution is 2.31. The van der Waals surface area contributed by atoms with Gasteiger partial charge in [-0.25, -0.2) is 4.79 Å². The first-order valence-electron chi connectivity index (χ1n) is 5.40. The van der Waals surface area contributed by atoms with Crippen molar-refractivity contribution >= 4 is 6.09 Å². The van der Waals surface area contributed by atoms with Crippen LogP contribution in [0.5, 0.6) is 0 Å². The molecule has 1 saturated heterocycles. The number of amides is 1. The third-order valence-electron chi connectivity index (χ3n) is 2.99. The molecule has 4 heteroatoms. The van der Waals surface area contributed by atoms with Gasteiger partial charge in [-0.2, -0.15) is 0 Å². The molecule has 1 aromatic carbocycles. The zero-order valence-electron chi connectivity index (χ0n) is 9.32. The van der Waals surface area contributed by atoms with Crippen molar-refractivity contribution in [3.63, 3.8) is 0 Å². The van der Waals surface area contributed by atoms with Crippen LogP contribution in [0.1, 0.15) is 24.5 Å². The van der Waals surface area contributed by atoms with Gasteiger partial charge < -0.3 is 15.8 Å². The van der Waals surface area contributed by atoms with Crippen LogP contribution >= 0.6 is 0 Å². The number of nitrogens with two attached hydrogens (primary N) is 1. The van der Waals surface area contributed by atoms with Gasteiger partial charge in [-0.15, -0.1) is 0 Å². The van der Waals surface area contributed by atoms with Crippen LogP contribution in [0.3, 0.4) is 0 Å². The lowest BCUT2D eigenvalue weighted by Crippen LogP contribution is -2.43. The number of alkyl carbamates (subject to hydrolysis) is 1. The van der Waals surface area contributed by atoms with E-state index in [1.54, 1.807) is 0 Å². The van der Waals surface area contributed by atoms with Gasteiger partial charge in [0.05, 0.1) is 0 Å². The molecule has 0 saturated carbocycles. The quantitative estimate of drug-likeness (QED) is 0.793. The van der Waals surface area contributed by atoms with Crippen LogP contribution in [-0.4, -0.2) is 12.6 Å². The number of carbonyl (C=O) groups excluding carboxylic acids is 1. The molecule has 0 spiro atoms. The minimum atomic E-state index is -0.518. The lowest BCUT2D eigenvalue weighted by molar-refractivity contribution is -0.00274. The first-order chi connectivity index (χ1) is 7.64. The Morgan fingerprint density at radius 2 is 2.12 bits per heavy atom. The molecular weight excluding hydrogens is 204 g/mol. The second-order valence-electron chi connectivity index (χ2n) is 4.20.